The monoisotopic (exact) mass is 320 g/mol. The molecule has 0 aromatic heterocycles. The van der Waals surface area contributed by atoms with Crippen molar-refractivity contribution in [2.75, 3.05) is 12.9 Å². The summed E-state index contributed by atoms with van der Waals surface area (Å²) in [7, 11) is 1.39. The highest BCUT2D eigenvalue weighted by Gasteiger charge is 2.13. The first kappa shape index (κ1) is 14.5. The van der Waals surface area contributed by atoms with Crippen molar-refractivity contribution in [3.8, 4) is 0 Å². The molecule has 5 heteroatoms. The number of esters is 1. The van der Waals surface area contributed by atoms with E-state index in [0.717, 1.165) is 15.8 Å². The Hall–Kier alpha value is -0.550. The lowest BCUT2D eigenvalue weighted by atomic mass is 10.2. The van der Waals surface area contributed by atoms with Crippen LogP contribution in [0.1, 0.15) is 12.5 Å². The van der Waals surface area contributed by atoms with E-state index in [0.29, 0.717) is 5.75 Å². The smallest absolute Gasteiger partial charge is 0.309 e. The van der Waals surface area contributed by atoms with E-state index in [-0.39, 0.29) is 17.7 Å². The number of methoxy groups -OCH3 is 1. The average Bonchev–Trinajstić information content (AvgIpc) is 2.30. The number of carbonyl (C=O) groups excluding carboxylic acids is 1. The highest BCUT2D eigenvalue weighted by Crippen LogP contribution is 2.23. The SMILES string of the molecule is COC(=O)C(C)CSCc1ccc(F)cc1Br. The maximum atomic E-state index is 12.9. The zero-order valence-corrected chi connectivity index (χ0v) is 12.1. The Morgan fingerprint density at radius 1 is 1.59 bits per heavy atom. The van der Waals surface area contributed by atoms with Crippen LogP contribution in [0.5, 0.6) is 0 Å². The minimum atomic E-state index is -0.256. The van der Waals surface area contributed by atoms with Gasteiger partial charge in [0.05, 0.1) is 13.0 Å². The van der Waals surface area contributed by atoms with Gasteiger partial charge in [-0.1, -0.05) is 28.9 Å². The summed E-state index contributed by atoms with van der Waals surface area (Å²) in [6.45, 7) is 1.83. The van der Waals surface area contributed by atoms with Crippen LogP contribution < -0.4 is 0 Å². The van der Waals surface area contributed by atoms with Gasteiger partial charge in [0.25, 0.3) is 0 Å². The summed E-state index contributed by atoms with van der Waals surface area (Å²) < 4.78 is 18.3. The van der Waals surface area contributed by atoms with Crippen LogP contribution in [-0.4, -0.2) is 18.8 Å². The standard InChI is InChI=1S/C12H14BrFO2S/c1-8(12(15)16-2)6-17-7-9-3-4-10(14)5-11(9)13/h3-5,8H,6-7H2,1-2H3. The third-order valence-corrected chi connectivity index (χ3v) is 4.23. The molecule has 1 unspecified atom stereocenters. The molecule has 17 heavy (non-hydrogen) atoms. The topological polar surface area (TPSA) is 26.3 Å². The number of thioether (sulfide) groups is 1. The average molecular weight is 321 g/mol. The van der Waals surface area contributed by atoms with Crippen LogP contribution in [0, 0.1) is 11.7 Å². The van der Waals surface area contributed by atoms with Crippen LogP contribution in [0.25, 0.3) is 0 Å². The lowest BCUT2D eigenvalue weighted by Gasteiger charge is -2.09. The maximum absolute atomic E-state index is 12.9. The lowest BCUT2D eigenvalue weighted by molar-refractivity contribution is -0.143. The van der Waals surface area contributed by atoms with Crippen molar-refractivity contribution in [2.45, 2.75) is 12.7 Å². The van der Waals surface area contributed by atoms with Gasteiger partial charge in [0.2, 0.25) is 0 Å². The number of hydrogen-bond acceptors (Lipinski definition) is 3. The highest BCUT2D eigenvalue weighted by atomic mass is 79.9. The van der Waals surface area contributed by atoms with Gasteiger partial charge in [0, 0.05) is 16.0 Å². The third-order valence-electron chi connectivity index (χ3n) is 2.24. The Kier molecular flexibility index (Phi) is 5.98. The fraction of sp³-hybridized carbons (Fsp3) is 0.417. The molecule has 0 fully saturated rings. The predicted molar refractivity (Wildman–Crippen MR) is 71.4 cm³/mol. The Morgan fingerprint density at radius 2 is 2.29 bits per heavy atom. The second-order valence-corrected chi connectivity index (χ2v) is 5.56. The largest absolute Gasteiger partial charge is 0.469 e. The maximum Gasteiger partial charge on any atom is 0.309 e. The van der Waals surface area contributed by atoms with Gasteiger partial charge in [-0.3, -0.25) is 4.79 Å². The summed E-state index contributed by atoms with van der Waals surface area (Å²) in [4.78, 5) is 11.2. The molecular formula is C12H14BrFO2S. The second-order valence-electron chi connectivity index (χ2n) is 3.68. The van der Waals surface area contributed by atoms with Crippen LogP contribution in [0.3, 0.4) is 0 Å². The van der Waals surface area contributed by atoms with Crippen molar-refractivity contribution >= 4 is 33.7 Å². The van der Waals surface area contributed by atoms with Gasteiger partial charge in [-0.2, -0.15) is 11.8 Å². The molecule has 0 saturated heterocycles. The Labute approximate surface area is 113 Å². The Bertz CT molecular complexity index is 398. The minimum Gasteiger partial charge on any atom is -0.469 e. The fourth-order valence-electron chi connectivity index (χ4n) is 1.25. The number of hydrogen-bond donors (Lipinski definition) is 0. The van der Waals surface area contributed by atoms with Crippen molar-refractivity contribution in [3.05, 3.63) is 34.1 Å². The van der Waals surface area contributed by atoms with Gasteiger partial charge < -0.3 is 4.74 Å². The molecule has 94 valence electrons. The van der Waals surface area contributed by atoms with Crippen LogP contribution in [0.4, 0.5) is 4.39 Å². The fourth-order valence-corrected chi connectivity index (χ4v) is 3.01. The van der Waals surface area contributed by atoms with E-state index in [9.17, 15) is 9.18 Å². The van der Waals surface area contributed by atoms with Crippen molar-refractivity contribution in [3.63, 3.8) is 0 Å². The van der Waals surface area contributed by atoms with Crippen LogP contribution in [0.2, 0.25) is 0 Å². The molecule has 0 N–H and O–H groups in total. The summed E-state index contributed by atoms with van der Waals surface area (Å²) in [5.41, 5.74) is 1.02. The molecule has 0 saturated carbocycles. The minimum absolute atomic E-state index is 0.121. The molecular weight excluding hydrogens is 307 g/mol. The molecule has 0 amide bonds. The summed E-state index contributed by atoms with van der Waals surface area (Å²) in [5, 5.41) is 0. The van der Waals surface area contributed by atoms with Gasteiger partial charge in [0.1, 0.15) is 5.82 Å². The second kappa shape index (κ2) is 7.01. The summed E-state index contributed by atoms with van der Waals surface area (Å²) in [6.07, 6.45) is 0. The summed E-state index contributed by atoms with van der Waals surface area (Å²) >= 11 is 4.94. The van der Waals surface area contributed by atoms with Gasteiger partial charge in [0.15, 0.2) is 0 Å². The van der Waals surface area contributed by atoms with Gasteiger partial charge in [-0.05, 0) is 17.7 Å². The molecule has 2 nitrogen and oxygen atoms in total. The highest BCUT2D eigenvalue weighted by molar-refractivity contribution is 9.10. The quantitative estimate of drug-likeness (QED) is 0.775. The molecule has 0 aliphatic carbocycles. The van der Waals surface area contributed by atoms with E-state index in [2.05, 4.69) is 20.7 Å². The van der Waals surface area contributed by atoms with E-state index in [1.165, 1.54) is 19.2 Å². The molecule has 1 aromatic carbocycles. The molecule has 0 radical (unpaired) electrons. The van der Waals surface area contributed by atoms with Gasteiger partial charge >= 0.3 is 5.97 Å². The summed E-state index contributed by atoms with van der Waals surface area (Å²) in [5.74, 6) is 0.854. The van der Waals surface area contributed by atoms with Crippen LogP contribution >= 0.6 is 27.7 Å². The normalized spacial score (nSPS) is 12.2. The Morgan fingerprint density at radius 3 is 2.88 bits per heavy atom. The van der Waals surface area contributed by atoms with E-state index in [1.54, 1.807) is 17.8 Å². The third kappa shape index (κ3) is 4.68. The molecule has 0 spiro atoms. The molecule has 0 heterocycles. The van der Waals surface area contributed by atoms with Crippen molar-refractivity contribution in [1.29, 1.82) is 0 Å². The van der Waals surface area contributed by atoms with E-state index >= 15 is 0 Å². The number of benzene rings is 1. The zero-order chi connectivity index (χ0) is 12.8. The predicted octanol–water partition coefficient (Wildman–Crippen LogP) is 3.63. The summed E-state index contributed by atoms with van der Waals surface area (Å²) in [6, 6.07) is 4.62. The van der Waals surface area contributed by atoms with Crippen LogP contribution in [0.15, 0.2) is 22.7 Å². The molecule has 0 aliphatic rings. The zero-order valence-electron chi connectivity index (χ0n) is 9.70. The Balaban J connectivity index is 2.43. The molecule has 0 aliphatic heterocycles. The lowest BCUT2D eigenvalue weighted by Crippen LogP contribution is -2.14. The number of ether oxygens (including phenoxy) is 1. The molecule has 0 bridgehead atoms. The van der Waals surface area contributed by atoms with Crippen molar-refractivity contribution in [2.24, 2.45) is 5.92 Å². The molecule has 1 aromatic rings. The van der Waals surface area contributed by atoms with Gasteiger partial charge in [-0.25, -0.2) is 4.39 Å². The molecule has 1 rings (SSSR count). The van der Waals surface area contributed by atoms with E-state index < -0.39 is 0 Å². The van der Waals surface area contributed by atoms with E-state index in [4.69, 9.17) is 0 Å². The van der Waals surface area contributed by atoms with Crippen molar-refractivity contribution < 1.29 is 13.9 Å². The van der Waals surface area contributed by atoms with Gasteiger partial charge in [-0.15, -0.1) is 0 Å². The van der Waals surface area contributed by atoms with Crippen molar-refractivity contribution in [1.82, 2.24) is 0 Å². The number of carbonyl (C=O) groups is 1. The first-order valence-corrected chi connectivity index (χ1v) is 7.09. The first-order chi connectivity index (χ1) is 8.04. The number of rotatable bonds is 5. The molecule has 1 atom stereocenters. The van der Waals surface area contributed by atoms with E-state index in [1.807, 2.05) is 6.92 Å². The first-order valence-electron chi connectivity index (χ1n) is 5.14. The number of halogens is 2. The van der Waals surface area contributed by atoms with Crippen LogP contribution in [-0.2, 0) is 15.3 Å².